The maximum absolute atomic E-state index is 12.8. The predicted molar refractivity (Wildman–Crippen MR) is 103 cm³/mol. The zero-order valence-corrected chi connectivity index (χ0v) is 15.8. The van der Waals surface area contributed by atoms with Crippen LogP contribution in [0, 0.1) is 5.41 Å². The molecule has 6 nitrogen and oxygen atoms in total. The van der Waals surface area contributed by atoms with Crippen molar-refractivity contribution >= 4 is 17.4 Å². The molecule has 1 aromatic heterocycles. The molecule has 1 amide bonds. The van der Waals surface area contributed by atoms with Crippen molar-refractivity contribution < 1.29 is 9.59 Å². The number of Topliss-reactive ketones (excluding diaryl/α,β-unsaturated/α-hetero) is 1. The highest BCUT2D eigenvalue weighted by atomic mass is 16.2. The van der Waals surface area contributed by atoms with E-state index in [4.69, 9.17) is 0 Å². The number of nitrogens with one attached hydrogen (secondary N) is 1. The first-order chi connectivity index (χ1) is 13.1. The largest absolute Gasteiger partial charge is 0.378 e. The number of anilines is 1. The van der Waals surface area contributed by atoms with Crippen LogP contribution < -0.4 is 5.32 Å². The number of amides is 1. The van der Waals surface area contributed by atoms with Crippen LogP contribution in [0.15, 0.2) is 36.7 Å². The third-order valence-corrected chi connectivity index (χ3v) is 6.16. The number of imidazole rings is 1. The Kier molecular flexibility index (Phi) is 4.72. The molecule has 1 aliphatic heterocycles. The van der Waals surface area contributed by atoms with Crippen LogP contribution in [0.3, 0.4) is 0 Å². The summed E-state index contributed by atoms with van der Waals surface area (Å²) >= 11 is 0. The van der Waals surface area contributed by atoms with Gasteiger partial charge in [-0.2, -0.15) is 0 Å². The molecule has 0 unspecified atom stereocenters. The fraction of sp³-hybridized carbons (Fsp3) is 0.476. The van der Waals surface area contributed by atoms with E-state index in [1.165, 1.54) is 0 Å². The molecule has 1 aliphatic carbocycles. The number of benzene rings is 1. The monoisotopic (exact) mass is 366 g/mol. The standard InChI is InChI=1S/C21H26N4O2/c1-24-14-11-22-19(24)15-23-17-6-4-16(5-7-17)20(27)25-12-9-21(10-13-25)8-2-3-18(21)26/h4-7,11,14,23H,2-3,8-10,12-13,15H2,1H3. The van der Waals surface area contributed by atoms with Gasteiger partial charge in [0.25, 0.3) is 5.91 Å². The predicted octanol–water partition coefficient (Wildman–Crippen LogP) is 3.01. The van der Waals surface area contributed by atoms with Crippen molar-refractivity contribution in [2.45, 2.75) is 38.6 Å². The van der Waals surface area contributed by atoms with Crippen LogP contribution in [0.2, 0.25) is 0 Å². The molecule has 1 saturated heterocycles. The lowest BCUT2D eigenvalue weighted by Crippen LogP contribution is -2.44. The number of nitrogens with zero attached hydrogens (tertiary/aromatic N) is 3. The minimum atomic E-state index is -0.129. The molecule has 1 spiro atoms. The van der Waals surface area contributed by atoms with E-state index >= 15 is 0 Å². The minimum Gasteiger partial charge on any atom is -0.378 e. The Morgan fingerprint density at radius 2 is 1.93 bits per heavy atom. The summed E-state index contributed by atoms with van der Waals surface area (Å²) in [5, 5.41) is 3.33. The molecule has 27 heavy (non-hydrogen) atoms. The van der Waals surface area contributed by atoms with Crippen molar-refractivity contribution in [2.75, 3.05) is 18.4 Å². The van der Waals surface area contributed by atoms with Crippen molar-refractivity contribution in [3.8, 4) is 0 Å². The smallest absolute Gasteiger partial charge is 0.253 e. The van der Waals surface area contributed by atoms with Crippen LogP contribution >= 0.6 is 0 Å². The summed E-state index contributed by atoms with van der Waals surface area (Å²) in [6, 6.07) is 7.60. The molecule has 142 valence electrons. The lowest BCUT2D eigenvalue weighted by molar-refractivity contribution is -0.127. The number of hydrogen-bond donors (Lipinski definition) is 1. The van der Waals surface area contributed by atoms with Gasteiger partial charge >= 0.3 is 0 Å². The highest BCUT2D eigenvalue weighted by molar-refractivity contribution is 5.95. The van der Waals surface area contributed by atoms with Crippen molar-refractivity contribution in [3.05, 3.63) is 48.0 Å². The number of likely N-dealkylation sites (tertiary alicyclic amines) is 1. The third kappa shape index (κ3) is 3.48. The van der Waals surface area contributed by atoms with Gasteiger partial charge in [0, 0.05) is 55.6 Å². The SMILES string of the molecule is Cn1ccnc1CNc1ccc(C(=O)N2CCC3(CCCC3=O)CC2)cc1. The Bertz CT molecular complexity index is 832. The van der Waals surface area contributed by atoms with Gasteiger partial charge in [0.1, 0.15) is 11.6 Å². The van der Waals surface area contributed by atoms with Gasteiger partial charge in [-0.1, -0.05) is 0 Å². The van der Waals surface area contributed by atoms with Gasteiger partial charge < -0.3 is 14.8 Å². The van der Waals surface area contributed by atoms with Gasteiger partial charge in [-0.15, -0.1) is 0 Å². The second-order valence-electron chi connectivity index (χ2n) is 7.73. The van der Waals surface area contributed by atoms with Crippen LogP contribution in [-0.2, 0) is 18.4 Å². The second-order valence-corrected chi connectivity index (χ2v) is 7.73. The Labute approximate surface area is 159 Å². The van der Waals surface area contributed by atoms with Gasteiger partial charge in [0.05, 0.1) is 6.54 Å². The lowest BCUT2D eigenvalue weighted by Gasteiger charge is -2.38. The third-order valence-electron chi connectivity index (χ3n) is 6.16. The average Bonchev–Trinajstić information content (AvgIpc) is 3.26. The normalized spacial score (nSPS) is 18.9. The summed E-state index contributed by atoms with van der Waals surface area (Å²) in [4.78, 5) is 31.2. The maximum atomic E-state index is 12.8. The van der Waals surface area contributed by atoms with Gasteiger partial charge in [0.15, 0.2) is 0 Å². The average molecular weight is 366 g/mol. The zero-order valence-electron chi connectivity index (χ0n) is 15.8. The molecule has 2 aromatic rings. The first kappa shape index (κ1) is 17.8. The van der Waals surface area contributed by atoms with Gasteiger partial charge in [-0.05, 0) is 49.9 Å². The zero-order chi connectivity index (χ0) is 18.9. The van der Waals surface area contributed by atoms with E-state index in [1.807, 2.05) is 47.0 Å². The van der Waals surface area contributed by atoms with Crippen molar-refractivity contribution in [3.63, 3.8) is 0 Å². The first-order valence-electron chi connectivity index (χ1n) is 9.70. The fourth-order valence-electron chi connectivity index (χ4n) is 4.32. The minimum absolute atomic E-state index is 0.0611. The molecule has 0 atom stereocenters. The summed E-state index contributed by atoms with van der Waals surface area (Å²) in [5.74, 6) is 1.43. The van der Waals surface area contributed by atoms with E-state index in [9.17, 15) is 9.59 Å². The number of piperidine rings is 1. The van der Waals surface area contributed by atoms with Crippen molar-refractivity contribution in [1.29, 1.82) is 0 Å². The Balaban J connectivity index is 1.34. The molecule has 0 radical (unpaired) electrons. The summed E-state index contributed by atoms with van der Waals surface area (Å²) in [7, 11) is 1.97. The van der Waals surface area contributed by atoms with Gasteiger partial charge in [0.2, 0.25) is 0 Å². The van der Waals surface area contributed by atoms with Crippen LogP contribution in [0.1, 0.15) is 48.3 Å². The van der Waals surface area contributed by atoms with E-state index in [1.54, 1.807) is 6.20 Å². The van der Waals surface area contributed by atoms with E-state index < -0.39 is 0 Å². The van der Waals surface area contributed by atoms with Crippen molar-refractivity contribution in [1.82, 2.24) is 14.5 Å². The number of carbonyl (C=O) groups excluding carboxylic acids is 2. The molecule has 6 heteroatoms. The number of aromatic nitrogens is 2. The topological polar surface area (TPSA) is 67.2 Å². The molecule has 2 fully saturated rings. The second kappa shape index (κ2) is 7.18. The lowest BCUT2D eigenvalue weighted by atomic mass is 9.76. The maximum Gasteiger partial charge on any atom is 0.253 e. The first-order valence-corrected chi connectivity index (χ1v) is 9.70. The molecule has 0 bridgehead atoms. The molecule has 1 saturated carbocycles. The highest BCUT2D eigenvalue weighted by Crippen LogP contribution is 2.43. The molecule has 1 aromatic carbocycles. The molecule has 1 N–H and O–H groups in total. The van der Waals surface area contributed by atoms with E-state index in [0.717, 1.165) is 43.6 Å². The number of hydrogen-bond acceptors (Lipinski definition) is 4. The van der Waals surface area contributed by atoms with Crippen molar-refractivity contribution in [2.24, 2.45) is 12.5 Å². The van der Waals surface area contributed by atoms with Crippen LogP contribution in [-0.4, -0.2) is 39.2 Å². The fourth-order valence-corrected chi connectivity index (χ4v) is 4.32. The number of aryl methyl sites for hydroxylation is 1. The summed E-state index contributed by atoms with van der Waals surface area (Å²) in [6.45, 7) is 2.01. The highest BCUT2D eigenvalue weighted by Gasteiger charge is 2.44. The molecule has 4 rings (SSSR count). The van der Waals surface area contributed by atoms with Crippen LogP contribution in [0.4, 0.5) is 5.69 Å². The molecule has 2 aliphatic rings. The molecular weight excluding hydrogens is 340 g/mol. The summed E-state index contributed by atoms with van der Waals surface area (Å²) < 4.78 is 1.98. The van der Waals surface area contributed by atoms with Gasteiger partial charge in [-0.3, -0.25) is 9.59 Å². The quantitative estimate of drug-likeness (QED) is 0.903. The van der Waals surface area contributed by atoms with Crippen LogP contribution in [0.25, 0.3) is 0 Å². The number of rotatable bonds is 4. The molecule has 2 heterocycles. The molecular formula is C21H26N4O2. The number of carbonyl (C=O) groups is 2. The summed E-state index contributed by atoms with van der Waals surface area (Å²) in [6.07, 6.45) is 8.08. The van der Waals surface area contributed by atoms with Gasteiger partial charge in [-0.25, -0.2) is 4.98 Å². The Hall–Kier alpha value is -2.63. The number of ketones is 1. The Morgan fingerprint density at radius 3 is 2.52 bits per heavy atom. The van der Waals surface area contributed by atoms with E-state index in [0.29, 0.717) is 31.0 Å². The van der Waals surface area contributed by atoms with E-state index in [-0.39, 0.29) is 11.3 Å². The van der Waals surface area contributed by atoms with Crippen LogP contribution in [0.5, 0.6) is 0 Å². The Morgan fingerprint density at radius 1 is 1.19 bits per heavy atom. The van der Waals surface area contributed by atoms with E-state index in [2.05, 4.69) is 10.3 Å². The summed E-state index contributed by atoms with van der Waals surface area (Å²) in [5.41, 5.74) is 1.53.